The van der Waals surface area contributed by atoms with Gasteiger partial charge >= 0.3 is 5.97 Å². The molecule has 0 aliphatic carbocycles. The molecular formula is C21H29NO5. The van der Waals surface area contributed by atoms with Crippen LogP contribution in [0, 0.1) is 5.92 Å². The van der Waals surface area contributed by atoms with Crippen molar-refractivity contribution >= 4 is 11.9 Å². The van der Waals surface area contributed by atoms with E-state index >= 15 is 0 Å². The second-order valence-corrected chi connectivity index (χ2v) is 6.62. The molecule has 1 amide bonds. The second-order valence-electron chi connectivity index (χ2n) is 6.62. The minimum atomic E-state index is -0.476. The normalized spacial score (nSPS) is 16.3. The maximum atomic E-state index is 13.1. The van der Waals surface area contributed by atoms with Crippen LogP contribution in [0.2, 0.25) is 0 Å². The lowest BCUT2D eigenvalue weighted by atomic mass is 9.96. The van der Waals surface area contributed by atoms with Crippen molar-refractivity contribution in [3.8, 4) is 5.75 Å². The number of phenols is 1. The lowest BCUT2D eigenvalue weighted by Gasteiger charge is -2.33. The van der Waals surface area contributed by atoms with Gasteiger partial charge in [-0.3, -0.25) is 4.79 Å². The van der Waals surface area contributed by atoms with Gasteiger partial charge in [0.1, 0.15) is 5.75 Å². The van der Waals surface area contributed by atoms with Gasteiger partial charge in [0, 0.05) is 31.2 Å². The molecule has 1 N–H and O–H groups in total. The zero-order valence-corrected chi connectivity index (χ0v) is 16.3. The SMILES string of the molecule is C/C=C\CN(C(=O)C1CCOCC1)C(C)c1ccc(C(=O)OCC)cc1O. The summed E-state index contributed by atoms with van der Waals surface area (Å²) >= 11 is 0. The summed E-state index contributed by atoms with van der Waals surface area (Å²) in [5.41, 5.74) is 0.897. The number of carbonyl (C=O) groups excluding carboxylic acids is 2. The zero-order chi connectivity index (χ0) is 19.8. The molecule has 1 fully saturated rings. The summed E-state index contributed by atoms with van der Waals surface area (Å²) in [4.78, 5) is 26.7. The zero-order valence-electron chi connectivity index (χ0n) is 16.3. The van der Waals surface area contributed by atoms with E-state index < -0.39 is 5.97 Å². The van der Waals surface area contributed by atoms with Crippen molar-refractivity contribution in [3.63, 3.8) is 0 Å². The van der Waals surface area contributed by atoms with Crippen LogP contribution in [-0.2, 0) is 14.3 Å². The molecule has 0 radical (unpaired) electrons. The van der Waals surface area contributed by atoms with Gasteiger partial charge < -0.3 is 19.5 Å². The Kier molecular flexibility index (Phi) is 7.85. The Hall–Kier alpha value is -2.34. The lowest BCUT2D eigenvalue weighted by molar-refractivity contribution is -0.140. The third kappa shape index (κ3) is 5.32. The summed E-state index contributed by atoms with van der Waals surface area (Å²) in [5.74, 6) is -0.487. The highest BCUT2D eigenvalue weighted by atomic mass is 16.5. The molecule has 1 aromatic rings. The molecule has 0 spiro atoms. The van der Waals surface area contributed by atoms with Gasteiger partial charge in [0.25, 0.3) is 0 Å². The van der Waals surface area contributed by atoms with Crippen molar-refractivity contribution in [1.82, 2.24) is 4.90 Å². The molecule has 2 rings (SSSR count). The molecule has 1 aliphatic rings. The van der Waals surface area contributed by atoms with Crippen molar-refractivity contribution in [3.05, 3.63) is 41.5 Å². The summed E-state index contributed by atoms with van der Waals surface area (Å²) in [6.07, 6.45) is 5.26. The summed E-state index contributed by atoms with van der Waals surface area (Å²) in [7, 11) is 0. The number of aromatic hydroxyl groups is 1. The average Bonchev–Trinajstić information content (AvgIpc) is 2.68. The van der Waals surface area contributed by atoms with Crippen molar-refractivity contribution < 1.29 is 24.2 Å². The lowest BCUT2D eigenvalue weighted by Crippen LogP contribution is -2.40. The van der Waals surface area contributed by atoms with Crippen molar-refractivity contribution in [2.24, 2.45) is 5.92 Å². The smallest absolute Gasteiger partial charge is 0.338 e. The fourth-order valence-electron chi connectivity index (χ4n) is 3.24. The van der Waals surface area contributed by atoms with E-state index in [1.807, 2.05) is 26.0 Å². The third-order valence-corrected chi connectivity index (χ3v) is 4.85. The molecule has 1 saturated heterocycles. The van der Waals surface area contributed by atoms with Crippen LogP contribution < -0.4 is 0 Å². The Morgan fingerprint density at radius 3 is 2.67 bits per heavy atom. The first-order valence-electron chi connectivity index (χ1n) is 9.49. The molecule has 148 valence electrons. The van der Waals surface area contributed by atoms with Crippen molar-refractivity contribution in [2.45, 2.75) is 39.7 Å². The van der Waals surface area contributed by atoms with Crippen LogP contribution in [-0.4, -0.2) is 48.2 Å². The number of rotatable bonds is 7. The highest BCUT2D eigenvalue weighted by molar-refractivity contribution is 5.90. The Morgan fingerprint density at radius 1 is 1.37 bits per heavy atom. The summed E-state index contributed by atoms with van der Waals surface area (Å²) in [5, 5.41) is 10.5. The summed E-state index contributed by atoms with van der Waals surface area (Å²) in [6, 6.07) is 4.38. The van der Waals surface area contributed by atoms with Gasteiger partial charge in [-0.1, -0.05) is 18.2 Å². The van der Waals surface area contributed by atoms with Gasteiger partial charge in [-0.05, 0) is 45.7 Å². The molecule has 1 atom stereocenters. The topological polar surface area (TPSA) is 76.1 Å². The molecule has 1 unspecified atom stereocenters. The summed E-state index contributed by atoms with van der Waals surface area (Å²) < 4.78 is 10.3. The standard InChI is InChI=1S/C21H29NO5/c1-4-6-11-22(20(24)16-9-12-26-13-10-16)15(3)18-8-7-17(14-19(18)23)21(25)27-5-2/h4,6-8,14-16,23H,5,9-13H2,1-3H3/b6-4-. The molecule has 0 saturated carbocycles. The molecule has 1 heterocycles. The largest absolute Gasteiger partial charge is 0.508 e. The predicted molar refractivity (Wildman–Crippen MR) is 103 cm³/mol. The molecule has 27 heavy (non-hydrogen) atoms. The van der Waals surface area contributed by atoms with E-state index in [1.54, 1.807) is 24.0 Å². The number of nitrogens with zero attached hydrogens (tertiary/aromatic N) is 1. The number of allylic oxidation sites excluding steroid dienone is 1. The van der Waals surface area contributed by atoms with E-state index in [9.17, 15) is 14.7 Å². The first-order valence-corrected chi connectivity index (χ1v) is 9.49. The Bertz CT molecular complexity index is 679. The molecule has 0 aromatic heterocycles. The molecule has 1 aromatic carbocycles. The molecule has 1 aliphatic heterocycles. The fraction of sp³-hybridized carbons (Fsp3) is 0.524. The minimum Gasteiger partial charge on any atom is -0.508 e. The van der Waals surface area contributed by atoms with E-state index in [-0.39, 0.29) is 30.2 Å². The van der Waals surface area contributed by atoms with E-state index in [0.29, 0.717) is 43.7 Å². The van der Waals surface area contributed by atoms with Crippen LogP contribution in [0.1, 0.15) is 55.6 Å². The van der Waals surface area contributed by atoms with E-state index in [4.69, 9.17) is 9.47 Å². The number of carbonyl (C=O) groups is 2. The van der Waals surface area contributed by atoms with Crippen LogP contribution in [0.4, 0.5) is 0 Å². The van der Waals surface area contributed by atoms with Gasteiger partial charge in [-0.25, -0.2) is 4.79 Å². The maximum Gasteiger partial charge on any atom is 0.338 e. The maximum absolute atomic E-state index is 13.1. The Balaban J connectivity index is 2.24. The van der Waals surface area contributed by atoms with Gasteiger partial charge in [-0.2, -0.15) is 0 Å². The highest BCUT2D eigenvalue weighted by Crippen LogP contribution is 2.31. The van der Waals surface area contributed by atoms with E-state index in [0.717, 1.165) is 0 Å². The van der Waals surface area contributed by atoms with Crippen LogP contribution in [0.25, 0.3) is 0 Å². The van der Waals surface area contributed by atoms with Gasteiger partial charge in [0.15, 0.2) is 0 Å². The van der Waals surface area contributed by atoms with Gasteiger partial charge in [0.2, 0.25) is 5.91 Å². The molecular weight excluding hydrogens is 346 g/mol. The van der Waals surface area contributed by atoms with Crippen LogP contribution in [0.5, 0.6) is 5.75 Å². The number of hydrogen-bond donors (Lipinski definition) is 1. The highest BCUT2D eigenvalue weighted by Gasteiger charge is 2.30. The number of ether oxygens (including phenoxy) is 2. The number of phenolic OH excluding ortho intramolecular Hbond substituents is 1. The Morgan fingerprint density at radius 2 is 2.07 bits per heavy atom. The van der Waals surface area contributed by atoms with Crippen LogP contribution in [0.3, 0.4) is 0 Å². The molecule has 6 nitrogen and oxygen atoms in total. The van der Waals surface area contributed by atoms with Crippen LogP contribution >= 0.6 is 0 Å². The quantitative estimate of drug-likeness (QED) is 0.583. The van der Waals surface area contributed by atoms with E-state index in [2.05, 4.69) is 0 Å². The van der Waals surface area contributed by atoms with Crippen molar-refractivity contribution in [1.29, 1.82) is 0 Å². The van der Waals surface area contributed by atoms with Crippen LogP contribution in [0.15, 0.2) is 30.4 Å². The van der Waals surface area contributed by atoms with E-state index in [1.165, 1.54) is 6.07 Å². The fourth-order valence-corrected chi connectivity index (χ4v) is 3.24. The number of amides is 1. The predicted octanol–water partition coefficient (Wildman–Crippen LogP) is 3.46. The average molecular weight is 375 g/mol. The second kappa shape index (κ2) is 10.1. The third-order valence-electron chi connectivity index (χ3n) is 4.85. The molecule has 0 bridgehead atoms. The summed E-state index contributed by atoms with van der Waals surface area (Å²) in [6.45, 7) is 7.47. The number of benzene rings is 1. The first-order chi connectivity index (χ1) is 13.0. The first kappa shape index (κ1) is 21.0. The monoisotopic (exact) mass is 375 g/mol. The number of hydrogen-bond acceptors (Lipinski definition) is 5. The van der Waals surface area contributed by atoms with Gasteiger partial charge in [-0.15, -0.1) is 0 Å². The Labute approximate surface area is 160 Å². The minimum absolute atomic E-state index is 0.0155. The van der Waals surface area contributed by atoms with Gasteiger partial charge in [0.05, 0.1) is 18.2 Å². The molecule has 6 heteroatoms. The van der Waals surface area contributed by atoms with Crippen molar-refractivity contribution in [2.75, 3.05) is 26.4 Å². The number of esters is 1.